The van der Waals surface area contributed by atoms with Crippen molar-refractivity contribution < 1.29 is 12.8 Å². The highest BCUT2D eigenvalue weighted by Crippen LogP contribution is 2.23. The van der Waals surface area contributed by atoms with E-state index >= 15 is 0 Å². The second-order valence-electron chi connectivity index (χ2n) is 5.01. The zero-order valence-corrected chi connectivity index (χ0v) is 12.2. The van der Waals surface area contributed by atoms with Gasteiger partial charge in [-0.3, -0.25) is 0 Å². The van der Waals surface area contributed by atoms with Crippen molar-refractivity contribution >= 4 is 10.0 Å². The topological polar surface area (TPSA) is 49.4 Å². The molecule has 2 atom stereocenters. The van der Waals surface area contributed by atoms with Crippen LogP contribution in [0.15, 0.2) is 23.1 Å². The number of hydrogen-bond donors (Lipinski definition) is 1. The van der Waals surface area contributed by atoms with Gasteiger partial charge in [-0.05, 0) is 44.5 Å². The van der Waals surface area contributed by atoms with E-state index in [0.29, 0.717) is 18.7 Å². The average Bonchev–Trinajstić information content (AvgIpc) is 2.35. The van der Waals surface area contributed by atoms with Crippen LogP contribution in [-0.4, -0.2) is 37.9 Å². The lowest BCUT2D eigenvalue weighted by Crippen LogP contribution is -2.57. The maximum atomic E-state index is 13.2. The minimum atomic E-state index is -3.56. The fourth-order valence-corrected chi connectivity index (χ4v) is 4.07. The molecule has 1 saturated heterocycles. The van der Waals surface area contributed by atoms with Crippen LogP contribution in [0.3, 0.4) is 0 Å². The van der Waals surface area contributed by atoms with E-state index < -0.39 is 10.0 Å². The van der Waals surface area contributed by atoms with Gasteiger partial charge in [0.05, 0.1) is 4.90 Å². The highest BCUT2D eigenvalue weighted by molar-refractivity contribution is 7.89. The summed E-state index contributed by atoms with van der Waals surface area (Å²) in [6.45, 7) is 6.47. The largest absolute Gasteiger partial charge is 0.311 e. The number of piperazine rings is 1. The van der Waals surface area contributed by atoms with Crippen molar-refractivity contribution in [3.63, 3.8) is 0 Å². The molecule has 1 N–H and O–H groups in total. The Balaban J connectivity index is 2.38. The molecule has 1 aliphatic heterocycles. The summed E-state index contributed by atoms with van der Waals surface area (Å²) in [5.74, 6) is -0.388. The van der Waals surface area contributed by atoms with E-state index in [2.05, 4.69) is 5.32 Å². The molecular formula is C13H19FN2O2S. The van der Waals surface area contributed by atoms with Gasteiger partial charge in [0.25, 0.3) is 0 Å². The maximum Gasteiger partial charge on any atom is 0.243 e. The molecule has 1 aromatic carbocycles. The minimum absolute atomic E-state index is 0.102. The first-order chi connectivity index (χ1) is 8.84. The number of benzene rings is 1. The second kappa shape index (κ2) is 5.19. The molecule has 0 spiro atoms. The van der Waals surface area contributed by atoms with E-state index in [0.717, 1.165) is 0 Å². The summed E-state index contributed by atoms with van der Waals surface area (Å²) in [6, 6.07) is 3.91. The van der Waals surface area contributed by atoms with Crippen LogP contribution >= 0.6 is 0 Å². The molecule has 0 aromatic heterocycles. The van der Waals surface area contributed by atoms with E-state index in [1.165, 1.54) is 22.5 Å². The van der Waals surface area contributed by atoms with Crippen molar-refractivity contribution in [2.24, 2.45) is 0 Å². The highest BCUT2D eigenvalue weighted by atomic mass is 32.2. The van der Waals surface area contributed by atoms with Gasteiger partial charge in [-0.1, -0.05) is 0 Å². The standard InChI is InChI=1S/C13H19FN2O2S/c1-9-8-12(4-5-13(9)14)19(17,18)16-7-6-15-10(2)11(16)3/h4-5,8,10-11,15H,6-7H2,1-3H3. The molecule has 106 valence electrons. The average molecular weight is 286 g/mol. The number of sulfonamides is 1. The number of rotatable bonds is 2. The lowest BCUT2D eigenvalue weighted by molar-refractivity contribution is 0.233. The van der Waals surface area contributed by atoms with Crippen molar-refractivity contribution in [2.45, 2.75) is 37.8 Å². The van der Waals surface area contributed by atoms with Crippen LogP contribution in [-0.2, 0) is 10.0 Å². The number of nitrogens with zero attached hydrogens (tertiary/aromatic N) is 1. The summed E-state index contributed by atoms with van der Waals surface area (Å²) < 4.78 is 39.9. The molecule has 6 heteroatoms. The van der Waals surface area contributed by atoms with E-state index in [9.17, 15) is 12.8 Å². The van der Waals surface area contributed by atoms with E-state index in [1.807, 2.05) is 13.8 Å². The Labute approximate surface area is 113 Å². The molecule has 0 aliphatic carbocycles. The van der Waals surface area contributed by atoms with Crippen molar-refractivity contribution in [1.82, 2.24) is 9.62 Å². The molecular weight excluding hydrogens is 267 g/mol. The molecule has 2 rings (SSSR count). The Morgan fingerprint density at radius 1 is 1.37 bits per heavy atom. The number of aryl methyl sites for hydroxylation is 1. The molecule has 0 saturated carbocycles. The zero-order valence-electron chi connectivity index (χ0n) is 11.4. The van der Waals surface area contributed by atoms with Crippen LogP contribution < -0.4 is 5.32 Å². The van der Waals surface area contributed by atoms with Crippen molar-refractivity contribution in [3.8, 4) is 0 Å². The first kappa shape index (κ1) is 14.4. The third kappa shape index (κ3) is 2.66. The predicted molar refractivity (Wildman–Crippen MR) is 72.0 cm³/mol. The van der Waals surface area contributed by atoms with Gasteiger partial charge in [0, 0.05) is 25.2 Å². The highest BCUT2D eigenvalue weighted by Gasteiger charge is 2.34. The Bertz CT molecular complexity index is 574. The Hall–Kier alpha value is -0.980. The predicted octanol–water partition coefficient (Wildman–Crippen LogP) is 1.51. The molecule has 1 aromatic rings. The van der Waals surface area contributed by atoms with Gasteiger partial charge in [-0.25, -0.2) is 12.8 Å². The van der Waals surface area contributed by atoms with Gasteiger partial charge >= 0.3 is 0 Å². The summed E-state index contributed by atoms with van der Waals surface area (Å²) in [6.07, 6.45) is 0. The molecule has 0 radical (unpaired) electrons. The summed E-state index contributed by atoms with van der Waals surface area (Å²) in [4.78, 5) is 0.160. The van der Waals surface area contributed by atoms with Gasteiger partial charge in [0.15, 0.2) is 0 Å². The smallest absolute Gasteiger partial charge is 0.243 e. The van der Waals surface area contributed by atoms with Gasteiger partial charge < -0.3 is 5.32 Å². The molecule has 19 heavy (non-hydrogen) atoms. The third-order valence-corrected chi connectivity index (χ3v) is 5.69. The van der Waals surface area contributed by atoms with Gasteiger partial charge in [-0.2, -0.15) is 4.31 Å². The first-order valence-corrected chi connectivity index (χ1v) is 7.79. The molecule has 4 nitrogen and oxygen atoms in total. The summed E-state index contributed by atoms with van der Waals surface area (Å²) in [7, 11) is -3.56. The third-order valence-electron chi connectivity index (χ3n) is 3.71. The monoisotopic (exact) mass is 286 g/mol. The minimum Gasteiger partial charge on any atom is -0.311 e. The molecule has 0 bridgehead atoms. The molecule has 0 amide bonds. The molecule has 2 unspecified atom stereocenters. The lowest BCUT2D eigenvalue weighted by atomic mass is 10.1. The number of nitrogens with one attached hydrogen (secondary N) is 1. The summed E-state index contributed by atoms with van der Waals surface area (Å²) in [5, 5.41) is 3.24. The van der Waals surface area contributed by atoms with Crippen LogP contribution in [0, 0.1) is 12.7 Å². The second-order valence-corrected chi connectivity index (χ2v) is 6.90. The van der Waals surface area contributed by atoms with Crippen LogP contribution in [0.4, 0.5) is 4.39 Å². The fraction of sp³-hybridized carbons (Fsp3) is 0.538. The van der Waals surface area contributed by atoms with Crippen LogP contribution in [0.2, 0.25) is 0 Å². The molecule has 1 aliphatic rings. The zero-order chi connectivity index (χ0) is 14.2. The summed E-state index contributed by atoms with van der Waals surface area (Å²) >= 11 is 0. The van der Waals surface area contributed by atoms with E-state index in [4.69, 9.17) is 0 Å². The fourth-order valence-electron chi connectivity index (χ4n) is 2.28. The Morgan fingerprint density at radius 3 is 2.68 bits per heavy atom. The van der Waals surface area contributed by atoms with Gasteiger partial charge in [-0.15, -0.1) is 0 Å². The van der Waals surface area contributed by atoms with Crippen LogP contribution in [0.1, 0.15) is 19.4 Å². The summed E-state index contributed by atoms with van der Waals surface area (Å²) in [5.41, 5.74) is 0.344. The molecule has 1 fully saturated rings. The van der Waals surface area contributed by atoms with Gasteiger partial charge in [0.1, 0.15) is 5.82 Å². The lowest BCUT2D eigenvalue weighted by Gasteiger charge is -2.37. The number of halogens is 1. The van der Waals surface area contributed by atoms with Gasteiger partial charge in [0.2, 0.25) is 10.0 Å². The van der Waals surface area contributed by atoms with Crippen LogP contribution in [0.25, 0.3) is 0 Å². The Morgan fingerprint density at radius 2 is 2.05 bits per heavy atom. The van der Waals surface area contributed by atoms with E-state index in [-0.39, 0.29) is 22.8 Å². The quantitative estimate of drug-likeness (QED) is 0.896. The first-order valence-electron chi connectivity index (χ1n) is 6.35. The van der Waals surface area contributed by atoms with Crippen LogP contribution in [0.5, 0.6) is 0 Å². The SMILES string of the molecule is Cc1cc(S(=O)(=O)N2CCNC(C)C2C)ccc1F. The normalized spacial score (nSPS) is 25.5. The van der Waals surface area contributed by atoms with Crippen molar-refractivity contribution in [3.05, 3.63) is 29.6 Å². The Kier molecular flexibility index (Phi) is 3.94. The van der Waals surface area contributed by atoms with Crippen molar-refractivity contribution in [1.29, 1.82) is 0 Å². The maximum absolute atomic E-state index is 13.2. The van der Waals surface area contributed by atoms with Crippen molar-refractivity contribution in [2.75, 3.05) is 13.1 Å². The van der Waals surface area contributed by atoms with E-state index in [1.54, 1.807) is 6.92 Å². The number of hydrogen-bond acceptors (Lipinski definition) is 3. The molecule has 1 heterocycles.